The summed E-state index contributed by atoms with van der Waals surface area (Å²) in [6.45, 7) is 5.35. The number of aliphatic hydroxyl groups excluding tert-OH is 1. The Labute approximate surface area is 154 Å². The molecular formula is C16H22Cl3N3O. The SMILES string of the molecule is Cl.Cl.OCCCN1CCN(c2ccnc3cc(Cl)ccc23)CC1. The van der Waals surface area contributed by atoms with E-state index in [1.807, 2.05) is 18.3 Å². The first kappa shape index (κ1) is 20.3. The monoisotopic (exact) mass is 377 g/mol. The number of anilines is 1. The van der Waals surface area contributed by atoms with Gasteiger partial charge in [0.2, 0.25) is 0 Å². The van der Waals surface area contributed by atoms with Crippen LogP contribution in [0.4, 0.5) is 5.69 Å². The molecule has 7 heteroatoms. The fraction of sp³-hybridized carbons (Fsp3) is 0.438. The highest BCUT2D eigenvalue weighted by Crippen LogP contribution is 2.28. The maximum absolute atomic E-state index is 8.91. The molecule has 2 aromatic rings. The van der Waals surface area contributed by atoms with Gasteiger partial charge in [-0.1, -0.05) is 11.6 Å². The molecule has 1 aliphatic rings. The van der Waals surface area contributed by atoms with Crippen molar-refractivity contribution in [3.05, 3.63) is 35.5 Å². The number of aliphatic hydroxyl groups is 1. The number of fused-ring (bicyclic) bond motifs is 1. The van der Waals surface area contributed by atoms with E-state index < -0.39 is 0 Å². The topological polar surface area (TPSA) is 39.6 Å². The highest BCUT2D eigenvalue weighted by atomic mass is 35.5. The molecule has 4 nitrogen and oxygen atoms in total. The molecule has 23 heavy (non-hydrogen) atoms. The van der Waals surface area contributed by atoms with E-state index in [9.17, 15) is 0 Å². The lowest BCUT2D eigenvalue weighted by Gasteiger charge is -2.36. The van der Waals surface area contributed by atoms with E-state index in [2.05, 4.69) is 26.9 Å². The summed E-state index contributed by atoms with van der Waals surface area (Å²) in [6, 6.07) is 7.97. The normalized spacial score (nSPS) is 15.1. The number of rotatable bonds is 4. The Bertz CT molecular complexity index is 619. The van der Waals surface area contributed by atoms with Gasteiger partial charge in [0, 0.05) is 61.6 Å². The van der Waals surface area contributed by atoms with Crippen LogP contribution in [0.1, 0.15) is 6.42 Å². The Morgan fingerprint density at radius 2 is 1.83 bits per heavy atom. The minimum absolute atomic E-state index is 0. The van der Waals surface area contributed by atoms with E-state index in [-0.39, 0.29) is 31.4 Å². The van der Waals surface area contributed by atoms with E-state index >= 15 is 0 Å². The van der Waals surface area contributed by atoms with Crippen molar-refractivity contribution in [2.45, 2.75) is 6.42 Å². The van der Waals surface area contributed by atoms with Gasteiger partial charge in [-0.3, -0.25) is 9.88 Å². The number of benzene rings is 1. The van der Waals surface area contributed by atoms with Crippen molar-refractivity contribution in [2.24, 2.45) is 0 Å². The van der Waals surface area contributed by atoms with E-state index in [1.165, 1.54) is 5.69 Å². The molecule has 2 heterocycles. The average molecular weight is 379 g/mol. The second kappa shape index (κ2) is 9.50. The van der Waals surface area contributed by atoms with Crippen molar-refractivity contribution >= 4 is 53.0 Å². The molecule has 0 bridgehead atoms. The van der Waals surface area contributed by atoms with Gasteiger partial charge < -0.3 is 10.0 Å². The van der Waals surface area contributed by atoms with Gasteiger partial charge in [-0.2, -0.15) is 0 Å². The van der Waals surface area contributed by atoms with Crippen LogP contribution in [0, 0.1) is 0 Å². The Morgan fingerprint density at radius 3 is 2.52 bits per heavy atom. The first-order valence-electron chi connectivity index (χ1n) is 7.40. The third-order valence-electron chi connectivity index (χ3n) is 4.03. The highest BCUT2D eigenvalue weighted by molar-refractivity contribution is 6.31. The summed E-state index contributed by atoms with van der Waals surface area (Å²) in [5, 5.41) is 10.8. The molecular weight excluding hydrogens is 357 g/mol. The number of hydrogen-bond donors (Lipinski definition) is 1. The molecule has 1 fully saturated rings. The van der Waals surface area contributed by atoms with E-state index in [4.69, 9.17) is 16.7 Å². The molecule has 1 aromatic heterocycles. The quantitative estimate of drug-likeness (QED) is 0.886. The number of aromatic nitrogens is 1. The van der Waals surface area contributed by atoms with Crippen LogP contribution in [0.25, 0.3) is 10.9 Å². The molecule has 0 atom stereocenters. The zero-order valence-electron chi connectivity index (χ0n) is 12.8. The van der Waals surface area contributed by atoms with Crippen molar-refractivity contribution in [1.29, 1.82) is 0 Å². The molecule has 128 valence electrons. The number of piperazine rings is 1. The van der Waals surface area contributed by atoms with Crippen LogP contribution < -0.4 is 4.90 Å². The molecule has 0 spiro atoms. The van der Waals surface area contributed by atoms with Crippen LogP contribution in [-0.2, 0) is 0 Å². The Balaban J connectivity index is 0.00000132. The second-order valence-corrected chi connectivity index (χ2v) is 5.83. The van der Waals surface area contributed by atoms with Gasteiger partial charge >= 0.3 is 0 Å². The zero-order chi connectivity index (χ0) is 14.7. The highest BCUT2D eigenvalue weighted by Gasteiger charge is 2.18. The summed E-state index contributed by atoms with van der Waals surface area (Å²) >= 11 is 6.04. The van der Waals surface area contributed by atoms with E-state index in [0.717, 1.165) is 55.1 Å². The summed E-state index contributed by atoms with van der Waals surface area (Å²) in [6.07, 6.45) is 2.71. The average Bonchev–Trinajstić information content (AvgIpc) is 2.52. The summed E-state index contributed by atoms with van der Waals surface area (Å²) < 4.78 is 0. The third kappa shape index (κ3) is 4.85. The van der Waals surface area contributed by atoms with Crippen molar-refractivity contribution in [2.75, 3.05) is 44.2 Å². The molecule has 0 radical (unpaired) electrons. The Morgan fingerprint density at radius 1 is 1.09 bits per heavy atom. The summed E-state index contributed by atoms with van der Waals surface area (Å²) in [4.78, 5) is 9.22. The van der Waals surface area contributed by atoms with Crippen LogP contribution in [0.5, 0.6) is 0 Å². The van der Waals surface area contributed by atoms with E-state index in [1.54, 1.807) is 0 Å². The van der Waals surface area contributed by atoms with Crippen molar-refractivity contribution in [3.63, 3.8) is 0 Å². The summed E-state index contributed by atoms with van der Waals surface area (Å²) in [5.41, 5.74) is 2.18. The molecule has 0 unspecified atom stereocenters. The van der Waals surface area contributed by atoms with Gasteiger partial charge in [0.1, 0.15) is 0 Å². The van der Waals surface area contributed by atoms with Gasteiger partial charge in [-0.25, -0.2) is 0 Å². The Hall–Kier alpha value is -0.780. The minimum Gasteiger partial charge on any atom is -0.396 e. The molecule has 1 N–H and O–H groups in total. The summed E-state index contributed by atoms with van der Waals surface area (Å²) in [5.74, 6) is 0. The first-order chi connectivity index (χ1) is 10.3. The maximum atomic E-state index is 8.91. The predicted molar refractivity (Wildman–Crippen MR) is 102 cm³/mol. The molecule has 1 aromatic carbocycles. The fourth-order valence-electron chi connectivity index (χ4n) is 2.89. The smallest absolute Gasteiger partial charge is 0.0737 e. The molecule has 1 saturated heterocycles. The standard InChI is InChI=1S/C16H20ClN3O.2ClH/c17-13-2-3-14-15(12-13)18-5-4-16(14)20-9-7-19(8-10-20)6-1-11-21;;/h2-5,12,21H,1,6-11H2;2*1H. The molecule has 0 amide bonds. The predicted octanol–water partition coefficient (Wildman–Crippen LogP) is 3.24. The van der Waals surface area contributed by atoms with Crippen LogP contribution in [0.3, 0.4) is 0 Å². The van der Waals surface area contributed by atoms with Crippen LogP contribution in [0.15, 0.2) is 30.5 Å². The molecule has 0 aliphatic carbocycles. The van der Waals surface area contributed by atoms with Crippen LogP contribution in [0.2, 0.25) is 5.02 Å². The number of halogens is 3. The molecule has 3 rings (SSSR count). The minimum atomic E-state index is 0. The van der Waals surface area contributed by atoms with E-state index in [0.29, 0.717) is 0 Å². The zero-order valence-corrected chi connectivity index (χ0v) is 15.2. The third-order valence-corrected chi connectivity index (χ3v) is 4.26. The van der Waals surface area contributed by atoms with Gasteiger partial charge in [-0.05, 0) is 30.7 Å². The number of hydrogen-bond acceptors (Lipinski definition) is 4. The lowest BCUT2D eigenvalue weighted by atomic mass is 10.1. The maximum Gasteiger partial charge on any atom is 0.0737 e. The largest absolute Gasteiger partial charge is 0.396 e. The molecule has 0 saturated carbocycles. The second-order valence-electron chi connectivity index (χ2n) is 5.40. The fourth-order valence-corrected chi connectivity index (χ4v) is 3.05. The lowest BCUT2D eigenvalue weighted by Crippen LogP contribution is -2.46. The Kier molecular flexibility index (Phi) is 8.37. The first-order valence-corrected chi connectivity index (χ1v) is 7.78. The van der Waals surface area contributed by atoms with Crippen molar-refractivity contribution < 1.29 is 5.11 Å². The lowest BCUT2D eigenvalue weighted by molar-refractivity contribution is 0.216. The summed E-state index contributed by atoms with van der Waals surface area (Å²) in [7, 11) is 0. The van der Waals surface area contributed by atoms with Crippen LogP contribution in [-0.4, -0.2) is 54.3 Å². The van der Waals surface area contributed by atoms with Gasteiger partial charge in [0.05, 0.1) is 5.52 Å². The van der Waals surface area contributed by atoms with Crippen molar-refractivity contribution in [1.82, 2.24) is 9.88 Å². The van der Waals surface area contributed by atoms with Crippen LogP contribution >= 0.6 is 36.4 Å². The van der Waals surface area contributed by atoms with Gasteiger partial charge in [0.25, 0.3) is 0 Å². The number of pyridine rings is 1. The van der Waals surface area contributed by atoms with Gasteiger partial charge in [-0.15, -0.1) is 24.8 Å². The molecule has 1 aliphatic heterocycles. The van der Waals surface area contributed by atoms with Gasteiger partial charge in [0.15, 0.2) is 0 Å². The van der Waals surface area contributed by atoms with Crippen molar-refractivity contribution in [3.8, 4) is 0 Å². The number of nitrogens with zero attached hydrogens (tertiary/aromatic N) is 3.